The topological polar surface area (TPSA) is 32.3 Å². The predicted molar refractivity (Wildman–Crippen MR) is 69.6 cm³/mol. The highest BCUT2D eigenvalue weighted by atomic mass is 16.3. The van der Waals surface area contributed by atoms with Crippen LogP contribution in [0.5, 0.6) is 0 Å². The number of aliphatic hydroxyl groups excluding tert-OH is 1. The first-order valence-electron chi connectivity index (χ1n) is 6.97. The largest absolute Gasteiger partial charge is 0.393 e. The minimum absolute atomic E-state index is 0.0961. The number of aliphatic hydroxyl groups is 1. The van der Waals surface area contributed by atoms with Crippen molar-refractivity contribution in [1.82, 2.24) is 5.32 Å². The van der Waals surface area contributed by atoms with E-state index in [2.05, 4.69) is 19.2 Å². The minimum atomic E-state index is -0.0961. The molecular weight excluding hydrogens is 198 g/mol. The Morgan fingerprint density at radius 1 is 1.38 bits per heavy atom. The molecule has 16 heavy (non-hydrogen) atoms. The Bertz CT molecular complexity index is 191. The van der Waals surface area contributed by atoms with E-state index in [1.807, 2.05) is 6.92 Å². The Morgan fingerprint density at radius 2 is 2.12 bits per heavy atom. The van der Waals surface area contributed by atoms with Crippen LogP contribution in [0, 0.1) is 5.41 Å². The second-order valence-electron chi connectivity index (χ2n) is 5.95. The Morgan fingerprint density at radius 3 is 2.75 bits per heavy atom. The maximum absolute atomic E-state index is 9.47. The van der Waals surface area contributed by atoms with Crippen molar-refractivity contribution in [2.45, 2.75) is 77.9 Å². The summed E-state index contributed by atoms with van der Waals surface area (Å²) in [6.45, 7) is 7.86. The Labute approximate surface area is 101 Å². The van der Waals surface area contributed by atoms with Crippen molar-refractivity contribution >= 4 is 0 Å². The third-order valence-corrected chi connectivity index (χ3v) is 4.08. The monoisotopic (exact) mass is 227 g/mol. The van der Waals surface area contributed by atoms with Crippen molar-refractivity contribution in [1.29, 1.82) is 0 Å². The molecule has 1 fully saturated rings. The lowest BCUT2D eigenvalue weighted by Crippen LogP contribution is -2.44. The van der Waals surface area contributed by atoms with Gasteiger partial charge < -0.3 is 10.4 Å². The van der Waals surface area contributed by atoms with E-state index in [0.717, 1.165) is 25.8 Å². The van der Waals surface area contributed by atoms with Crippen LogP contribution in [0.2, 0.25) is 0 Å². The van der Waals surface area contributed by atoms with Crippen LogP contribution in [0.3, 0.4) is 0 Å². The van der Waals surface area contributed by atoms with Gasteiger partial charge in [0.25, 0.3) is 0 Å². The van der Waals surface area contributed by atoms with E-state index < -0.39 is 0 Å². The van der Waals surface area contributed by atoms with E-state index >= 15 is 0 Å². The predicted octanol–water partition coefficient (Wildman–Crippen LogP) is 3.10. The van der Waals surface area contributed by atoms with Crippen molar-refractivity contribution in [3.8, 4) is 0 Å². The van der Waals surface area contributed by atoms with Crippen LogP contribution in [0.15, 0.2) is 0 Å². The molecule has 2 unspecified atom stereocenters. The SMILES string of the molecule is CCC(O)CCCNC1CCCCC1(C)C. The van der Waals surface area contributed by atoms with Crippen molar-refractivity contribution in [2.24, 2.45) is 5.41 Å². The standard InChI is InChI=1S/C14H29NO/c1-4-12(16)8-7-11-15-13-9-5-6-10-14(13,2)3/h12-13,15-16H,4-11H2,1-3H3. The fraction of sp³-hybridized carbons (Fsp3) is 1.00. The quantitative estimate of drug-likeness (QED) is 0.683. The van der Waals surface area contributed by atoms with Gasteiger partial charge in [-0.15, -0.1) is 0 Å². The van der Waals surface area contributed by atoms with Gasteiger partial charge in [0.2, 0.25) is 0 Å². The molecule has 0 bridgehead atoms. The molecule has 1 aliphatic rings. The Balaban J connectivity index is 2.16. The third kappa shape index (κ3) is 4.42. The highest BCUT2D eigenvalue weighted by molar-refractivity contribution is 4.87. The molecule has 2 atom stereocenters. The van der Waals surface area contributed by atoms with Crippen LogP contribution in [0.1, 0.15) is 65.7 Å². The van der Waals surface area contributed by atoms with Gasteiger partial charge in [-0.25, -0.2) is 0 Å². The molecule has 96 valence electrons. The molecule has 0 spiro atoms. The summed E-state index contributed by atoms with van der Waals surface area (Å²) in [6, 6.07) is 0.681. The molecule has 0 radical (unpaired) electrons. The zero-order valence-electron chi connectivity index (χ0n) is 11.3. The Kier molecular flexibility index (Phi) is 5.77. The normalized spacial score (nSPS) is 26.6. The van der Waals surface area contributed by atoms with Crippen LogP contribution < -0.4 is 5.32 Å². The first-order chi connectivity index (χ1) is 7.56. The van der Waals surface area contributed by atoms with Crippen molar-refractivity contribution < 1.29 is 5.11 Å². The second kappa shape index (κ2) is 6.61. The van der Waals surface area contributed by atoms with Gasteiger partial charge in [0.1, 0.15) is 0 Å². The van der Waals surface area contributed by atoms with E-state index in [0.29, 0.717) is 11.5 Å². The van der Waals surface area contributed by atoms with E-state index in [4.69, 9.17) is 0 Å². The highest BCUT2D eigenvalue weighted by Crippen LogP contribution is 2.35. The van der Waals surface area contributed by atoms with Crippen molar-refractivity contribution in [3.63, 3.8) is 0 Å². The molecule has 0 heterocycles. The molecule has 1 aliphatic carbocycles. The lowest BCUT2D eigenvalue weighted by Gasteiger charge is -2.39. The van der Waals surface area contributed by atoms with Gasteiger partial charge in [-0.05, 0) is 44.1 Å². The summed E-state index contributed by atoms with van der Waals surface area (Å²) < 4.78 is 0. The number of hydrogen-bond acceptors (Lipinski definition) is 2. The molecule has 0 aromatic carbocycles. The van der Waals surface area contributed by atoms with Gasteiger partial charge in [0.05, 0.1) is 6.10 Å². The van der Waals surface area contributed by atoms with Gasteiger partial charge in [-0.1, -0.05) is 33.6 Å². The maximum Gasteiger partial charge on any atom is 0.0538 e. The summed E-state index contributed by atoms with van der Waals surface area (Å²) in [5.74, 6) is 0. The number of rotatable bonds is 6. The van der Waals surface area contributed by atoms with Crippen LogP contribution in [-0.4, -0.2) is 23.8 Å². The van der Waals surface area contributed by atoms with Crippen molar-refractivity contribution in [2.75, 3.05) is 6.54 Å². The van der Waals surface area contributed by atoms with E-state index in [1.165, 1.54) is 25.7 Å². The number of hydrogen-bond donors (Lipinski definition) is 2. The molecule has 2 heteroatoms. The summed E-state index contributed by atoms with van der Waals surface area (Å²) in [7, 11) is 0. The first kappa shape index (κ1) is 14.0. The summed E-state index contributed by atoms with van der Waals surface area (Å²) in [4.78, 5) is 0. The molecule has 0 amide bonds. The van der Waals surface area contributed by atoms with E-state index in [-0.39, 0.29) is 6.10 Å². The van der Waals surface area contributed by atoms with Crippen LogP contribution >= 0.6 is 0 Å². The summed E-state index contributed by atoms with van der Waals surface area (Å²) in [5.41, 5.74) is 0.460. The Hall–Kier alpha value is -0.0800. The molecule has 0 aromatic heterocycles. The molecule has 0 saturated heterocycles. The zero-order chi connectivity index (χ0) is 12.0. The van der Waals surface area contributed by atoms with Crippen molar-refractivity contribution in [3.05, 3.63) is 0 Å². The van der Waals surface area contributed by atoms with Crippen LogP contribution in [0.4, 0.5) is 0 Å². The molecule has 2 nitrogen and oxygen atoms in total. The fourth-order valence-electron chi connectivity index (χ4n) is 2.69. The first-order valence-corrected chi connectivity index (χ1v) is 6.97. The minimum Gasteiger partial charge on any atom is -0.393 e. The molecular formula is C14H29NO. The van der Waals surface area contributed by atoms with Gasteiger partial charge in [0.15, 0.2) is 0 Å². The third-order valence-electron chi connectivity index (χ3n) is 4.08. The molecule has 0 aliphatic heterocycles. The molecule has 2 N–H and O–H groups in total. The lowest BCUT2D eigenvalue weighted by molar-refractivity contribution is 0.147. The summed E-state index contributed by atoms with van der Waals surface area (Å²) in [6.07, 6.45) is 8.26. The van der Waals surface area contributed by atoms with Gasteiger partial charge >= 0.3 is 0 Å². The zero-order valence-corrected chi connectivity index (χ0v) is 11.3. The maximum atomic E-state index is 9.47. The van der Waals surface area contributed by atoms with Crippen LogP contribution in [-0.2, 0) is 0 Å². The van der Waals surface area contributed by atoms with Crippen LogP contribution in [0.25, 0.3) is 0 Å². The molecule has 1 rings (SSSR count). The van der Waals surface area contributed by atoms with E-state index in [1.54, 1.807) is 0 Å². The highest BCUT2D eigenvalue weighted by Gasteiger charge is 2.31. The summed E-state index contributed by atoms with van der Waals surface area (Å²) in [5, 5.41) is 13.1. The average molecular weight is 227 g/mol. The number of nitrogens with one attached hydrogen (secondary N) is 1. The lowest BCUT2D eigenvalue weighted by atomic mass is 9.73. The fourth-order valence-corrected chi connectivity index (χ4v) is 2.69. The molecule has 1 saturated carbocycles. The summed E-state index contributed by atoms with van der Waals surface area (Å²) >= 11 is 0. The van der Waals surface area contributed by atoms with Gasteiger partial charge in [0, 0.05) is 6.04 Å². The smallest absolute Gasteiger partial charge is 0.0538 e. The van der Waals surface area contributed by atoms with E-state index in [9.17, 15) is 5.11 Å². The van der Waals surface area contributed by atoms with Gasteiger partial charge in [-0.3, -0.25) is 0 Å². The molecule has 0 aromatic rings. The second-order valence-corrected chi connectivity index (χ2v) is 5.95. The average Bonchev–Trinajstić information content (AvgIpc) is 2.25. The van der Waals surface area contributed by atoms with Gasteiger partial charge in [-0.2, -0.15) is 0 Å².